The van der Waals surface area contributed by atoms with Crippen molar-refractivity contribution in [2.75, 3.05) is 13.2 Å². The molecule has 0 saturated carbocycles. The molecule has 2 aliphatic rings. The number of aliphatic hydroxyl groups is 2. The normalized spacial score (nSPS) is 38.4. The van der Waals surface area contributed by atoms with Gasteiger partial charge in [0, 0.05) is 13.0 Å². The molecule has 17 heavy (non-hydrogen) atoms. The molecule has 96 valence electrons. The Bertz CT molecular complexity index is 335. The number of nitrogens with zero attached hydrogens (tertiary/aromatic N) is 1. The summed E-state index contributed by atoms with van der Waals surface area (Å²) in [5, 5.41) is 20.8. The largest absolute Gasteiger partial charge is 0.394 e. The molecule has 2 aliphatic heterocycles. The summed E-state index contributed by atoms with van der Waals surface area (Å²) in [6, 6.07) is -0.510. The third-order valence-electron chi connectivity index (χ3n) is 3.14. The highest BCUT2D eigenvalue weighted by molar-refractivity contribution is 5.97. The zero-order valence-corrected chi connectivity index (χ0v) is 9.50. The van der Waals surface area contributed by atoms with Gasteiger partial charge in [-0.15, -0.1) is 0 Å². The number of hydrogen-bond acceptors (Lipinski definition) is 5. The van der Waals surface area contributed by atoms with Gasteiger partial charge in [-0.3, -0.25) is 15.0 Å². The molecule has 0 radical (unpaired) electrons. The Morgan fingerprint density at radius 3 is 2.82 bits per heavy atom. The lowest BCUT2D eigenvalue weighted by atomic mass is 10.1. The van der Waals surface area contributed by atoms with Crippen LogP contribution in [-0.4, -0.2) is 58.6 Å². The molecular weight excluding hydrogens is 228 g/mol. The molecule has 2 fully saturated rings. The van der Waals surface area contributed by atoms with Crippen LogP contribution in [0.1, 0.15) is 13.3 Å². The van der Waals surface area contributed by atoms with E-state index in [1.807, 2.05) is 0 Å². The van der Waals surface area contributed by atoms with Gasteiger partial charge in [0.25, 0.3) is 0 Å². The van der Waals surface area contributed by atoms with Crippen molar-refractivity contribution in [1.82, 2.24) is 10.2 Å². The van der Waals surface area contributed by atoms with Gasteiger partial charge in [-0.2, -0.15) is 0 Å². The maximum absolute atomic E-state index is 11.6. The lowest BCUT2D eigenvalue weighted by Crippen LogP contribution is -2.57. The Balaban J connectivity index is 2.03. The van der Waals surface area contributed by atoms with E-state index >= 15 is 0 Å². The van der Waals surface area contributed by atoms with Gasteiger partial charge < -0.3 is 14.9 Å². The van der Waals surface area contributed by atoms with Crippen molar-refractivity contribution in [2.45, 2.75) is 31.8 Å². The molecule has 0 aromatic heterocycles. The van der Waals surface area contributed by atoms with E-state index in [9.17, 15) is 14.7 Å². The molecule has 3 unspecified atom stereocenters. The van der Waals surface area contributed by atoms with Gasteiger partial charge in [-0.1, -0.05) is 6.92 Å². The van der Waals surface area contributed by atoms with Gasteiger partial charge in [-0.05, 0) is 0 Å². The van der Waals surface area contributed by atoms with E-state index in [0.29, 0.717) is 0 Å². The minimum Gasteiger partial charge on any atom is -0.394 e. The highest BCUT2D eigenvalue weighted by Crippen LogP contribution is 2.25. The number of amides is 3. The number of nitrogens with one attached hydrogen (secondary N) is 1. The minimum absolute atomic E-state index is 0.250. The van der Waals surface area contributed by atoms with E-state index in [1.54, 1.807) is 6.92 Å². The van der Waals surface area contributed by atoms with E-state index in [2.05, 4.69) is 5.32 Å². The van der Waals surface area contributed by atoms with Crippen molar-refractivity contribution in [1.29, 1.82) is 0 Å². The van der Waals surface area contributed by atoms with Gasteiger partial charge >= 0.3 is 6.03 Å². The predicted octanol–water partition coefficient (Wildman–Crippen LogP) is -1.36. The van der Waals surface area contributed by atoms with E-state index in [1.165, 1.54) is 4.90 Å². The predicted molar refractivity (Wildman–Crippen MR) is 55.8 cm³/mol. The molecule has 7 heteroatoms. The van der Waals surface area contributed by atoms with Gasteiger partial charge in [-0.25, -0.2) is 4.79 Å². The molecule has 7 nitrogen and oxygen atoms in total. The maximum Gasteiger partial charge on any atom is 0.326 e. The van der Waals surface area contributed by atoms with Crippen LogP contribution in [0, 0.1) is 5.92 Å². The van der Waals surface area contributed by atoms with Crippen LogP contribution >= 0.6 is 0 Å². The van der Waals surface area contributed by atoms with Crippen molar-refractivity contribution >= 4 is 11.9 Å². The van der Waals surface area contributed by atoms with Crippen LogP contribution in [0.5, 0.6) is 0 Å². The van der Waals surface area contributed by atoms with E-state index in [-0.39, 0.29) is 31.4 Å². The Morgan fingerprint density at radius 2 is 2.24 bits per heavy atom. The number of urea groups is 1. The summed E-state index contributed by atoms with van der Waals surface area (Å²) in [4.78, 5) is 24.2. The van der Waals surface area contributed by atoms with Crippen LogP contribution in [0.25, 0.3) is 0 Å². The summed E-state index contributed by atoms with van der Waals surface area (Å²) in [6.45, 7) is 1.69. The quantitative estimate of drug-likeness (QED) is 0.557. The molecule has 3 N–H and O–H groups in total. The van der Waals surface area contributed by atoms with E-state index in [0.717, 1.165) is 0 Å². The maximum atomic E-state index is 11.6. The van der Waals surface area contributed by atoms with Crippen molar-refractivity contribution in [3.63, 3.8) is 0 Å². The molecular formula is C10H16N2O5. The average molecular weight is 244 g/mol. The number of aliphatic hydroxyl groups excluding tert-OH is 2. The summed E-state index contributed by atoms with van der Waals surface area (Å²) in [6.07, 6.45) is -1.79. The van der Waals surface area contributed by atoms with Crippen LogP contribution < -0.4 is 5.32 Å². The highest BCUT2D eigenvalue weighted by Gasteiger charge is 2.41. The molecule has 2 heterocycles. The summed E-state index contributed by atoms with van der Waals surface area (Å²) < 4.78 is 5.37. The minimum atomic E-state index is -0.786. The highest BCUT2D eigenvalue weighted by atomic mass is 16.5. The third kappa shape index (κ3) is 2.26. The Kier molecular flexibility index (Phi) is 3.32. The molecule has 3 amide bonds. The molecule has 0 aliphatic carbocycles. The molecule has 2 rings (SSSR count). The number of ether oxygens (including phenoxy) is 1. The van der Waals surface area contributed by atoms with Gasteiger partial charge in [0.05, 0.1) is 18.6 Å². The molecule has 0 spiro atoms. The number of imide groups is 1. The van der Waals surface area contributed by atoms with Crippen LogP contribution in [0.2, 0.25) is 0 Å². The number of carbonyl (C=O) groups excluding carboxylic acids is 2. The second-order valence-corrected chi connectivity index (χ2v) is 4.46. The molecule has 2 saturated heterocycles. The SMILES string of the molecule is C[C@@H]1CN(C2CC(O)C(CO)O2)C(=O)NC1=O. The number of hydrogen-bond donors (Lipinski definition) is 3. The topological polar surface area (TPSA) is 99.1 Å². The summed E-state index contributed by atoms with van der Waals surface area (Å²) in [5.74, 6) is -0.606. The third-order valence-corrected chi connectivity index (χ3v) is 3.14. The first-order valence-corrected chi connectivity index (χ1v) is 5.58. The van der Waals surface area contributed by atoms with Gasteiger partial charge in [0.15, 0.2) is 0 Å². The van der Waals surface area contributed by atoms with Crippen molar-refractivity contribution in [2.24, 2.45) is 5.92 Å². The number of carbonyl (C=O) groups is 2. The zero-order valence-electron chi connectivity index (χ0n) is 9.50. The van der Waals surface area contributed by atoms with Crippen molar-refractivity contribution in [3.05, 3.63) is 0 Å². The summed E-state index contributed by atoms with van der Waals surface area (Å²) in [5.41, 5.74) is 0. The first-order valence-electron chi connectivity index (χ1n) is 5.58. The second-order valence-electron chi connectivity index (χ2n) is 4.46. The average Bonchev–Trinajstić information content (AvgIpc) is 2.65. The molecule has 0 aromatic rings. The fourth-order valence-electron chi connectivity index (χ4n) is 2.08. The second kappa shape index (κ2) is 4.59. The van der Waals surface area contributed by atoms with Gasteiger partial charge in [0.1, 0.15) is 12.3 Å². The Morgan fingerprint density at radius 1 is 1.53 bits per heavy atom. The lowest BCUT2D eigenvalue weighted by Gasteiger charge is -2.34. The lowest BCUT2D eigenvalue weighted by molar-refractivity contribution is -0.128. The van der Waals surface area contributed by atoms with Crippen LogP contribution in [0.15, 0.2) is 0 Å². The Labute approximate surface area is 98.3 Å². The van der Waals surface area contributed by atoms with E-state index in [4.69, 9.17) is 9.84 Å². The van der Waals surface area contributed by atoms with Crippen molar-refractivity contribution < 1.29 is 24.5 Å². The van der Waals surface area contributed by atoms with Gasteiger partial charge in [0.2, 0.25) is 5.91 Å². The monoisotopic (exact) mass is 244 g/mol. The van der Waals surface area contributed by atoms with Crippen LogP contribution in [0.4, 0.5) is 4.79 Å². The van der Waals surface area contributed by atoms with Crippen LogP contribution in [0.3, 0.4) is 0 Å². The smallest absolute Gasteiger partial charge is 0.326 e. The first-order chi connectivity index (χ1) is 8.02. The van der Waals surface area contributed by atoms with Crippen LogP contribution in [-0.2, 0) is 9.53 Å². The van der Waals surface area contributed by atoms with Crippen molar-refractivity contribution in [3.8, 4) is 0 Å². The summed E-state index contributed by atoms with van der Waals surface area (Å²) in [7, 11) is 0. The summed E-state index contributed by atoms with van der Waals surface area (Å²) >= 11 is 0. The number of rotatable bonds is 2. The fourth-order valence-corrected chi connectivity index (χ4v) is 2.08. The molecule has 4 atom stereocenters. The Hall–Kier alpha value is -1.18. The molecule has 0 aromatic carbocycles. The first kappa shape index (κ1) is 12.3. The van der Waals surface area contributed by atoms with E-state index < -0.39 is 24.5 Å². The molecule has 0 bridgehead atoms. The standard InChI is InChI=1S/C10H16N2O5/c1-5-3-12(10(16)11-9(5)15)8-2-6(14)7(4-13)17-8/h5-8,13-14H,2-4H2,1H3,(H,11,15,16)/t5-,6?,7?,8?/m1/s1. The zero-order chi connectivity index (χ0) is 12.6. The fraction of sp³-hybridized carbons (Fsp3) is 0.800.